The molecule has 4 unspecified atom stereocenters. The first kappa shape index (κ1) is 8.02. The summed E-state index contributed by atoms with van der Waals surface area (Å²) in [4.78, 5) is 11.8. The number of rotatable bonds is 1. The summed E-state index contributed by atoms with van der Waals surface area (Å²) in [7, 11) is 0. The molecule has 3 rings (SSSR count). The van der Waals surface area contributed by atoms with Crippen LogP contribution in [-0.4, -0.2) is 5.78 Å². The molecule has 0 amide bonds. The highest BCUT2D eigenvalue weighted by Gasteiger charge is 2.61. The van der Waals surface area contributed by atoms with Gasteiger partial charge in [-0.25, -0.2) is 0 Å². The standard InChI is InChI=1S/C12H18O/c1-8(13)12-6-2-3-11(12)9-4-5-10(12)7-9/h9-11H,2-7H2,1H3. The Hall–Kier alpha value is -0.330. The Kier molecular flexibility index (Phi) is 1.46. The van der Waals surface area contributed by atoms with E-state index < -0.39 is 0 Å². The lowest BCUT2D eigenvalue weighted by Gasteiger charge is -2.37. The molecule has 1 nitrogen and oxygen atoms in total. The van der Waals surface area contributed by atoms with Crippen LogP contribution in [0.2, 0.25) is 0 Å². The summed E-state index contributed by atoms with van der Waals surface area (Å²) >= 11 is 0. The molecule has 0 aliphatic heterocycles. The second-order valence-electron chi connectivity index (χ2n) is 5.37. The third kappa shape index (κ3) is 0.769. The normalized spacial score (nSPS) is 52.5. The molecule has 3 aliphatic carbocycles. The van der Waals surface area contributed by atoms with E-state index in [1.807, 2.05) is 6.92 Å². The maximum absolute atomic E-state index is 11.8. The maximum atomic E-state index is 11.8. The van der Waals surface area contributed by atoms with Crippen molar-refractivity contribution in [2.24, 2.45) is 23.2 Å². The van der Waals surface area contributed by atoms with E-state index in [1.54, 1.807) is 0 Å². The molecule has 0 aromatic heterocycles. The third-order valence-corrected chi connectivity index (χ3v) is 5.19. The van der Waals surface area contributed by atoms with Crippen molar-refractivity contribution in [3.63, 3.8) is 0 Å². The van der Waals surface area contributed by atoms with Gasteiger partial charge in [0.25, 0.3) is 0 Å². The largest absolute Gasteiger partial charge is 0.299 e. The Morgan fingerprint density at radius 2 is 2.15 bits per heavy atom. The van der Waals surface area contributed by atoms with E-state index in [1.165, 1.54) is 38.5 Å². The van der Waals surface area contributed by atoms with Crippen LogP contribution in [0.15, 0.2) is 0 Å². The molecule has 0 heterocycles. The molecule has 13 heavy (non-hydrogen) atoms. The average molecular weight is 178 g/mol. The molecular weight excluding hydrogens is 160 g/mol. The summed E-state index contributed by atoms with van der Waals surface area (Å²) in [5.41, 5.74) is 0.183. The second kappa shape index (κ2) is 2.37. The summed E-state index contributed by atoms with van der Waals surface area (Å²) in [5.74, 6) is 3.02. The number of carbonyl (C=O) groups excluding carboxylic acids is 1. The van der Waals surface area contributed by atoms with Crippen molar-refractivity contribution >= 4 is 5.78 Å². The van der Waals surface area contributed by atoms with Crippen molar-refractivity contribution in [1.82, 2.24) is 0 Å². The quantitative estimate of drug-likeness (QED) is 0.603. The van der Waals surface area contributed by atoms with E-state index in [0.29, 0.717) is 5.78 Å². The number of hydrogen-bond donors (Lipinski definition) is 0. The minimum Gasteiger partial charge on any atom is -0.299 e. The molecule has 0 aromatic rings. The van der Waals surface area contributed by atoms with Gasteiger partial charge in [-0.3, -0.25) is 4.79 Å². The van der Waals surface area contributed by atoms with Gasteiger partial charge in [0.05, 0.1) is 0 Å². The van der Waals surface area contributed by atoms with Gasteiger partial charge in [-0.05, 0) is 56.8 Å². The number of ketones is 1. The third-order valence-electron chi connectivity index (χ3n) is 5.19. The van der Waals surface area contributed by atoms with Gasteiger partial charge in [-0.1, -0.05) is 6.42 Å². The lowest BCUT2D eigenvalue weighted by Crippen LogP contribution is -2.38. The van der Waals surface area contributed by atoms with Gasteiger partial charge in [-0.15, -0.1) is 0 Å². The first-order chi connectivity index (χ1) is 6.25. The minimum absolute atomic E-state index is 0.183. The van der Waals surface area contributed by atoms with E-state index in [-0.39, 0.29) is 5.41 Å². The predicted octanol–water partition coefficient (Wildman–Crippen LogP) is 2.79. The van der Waals surface area contributed by atoms with Crippen molar-refractivity contribution < 1.29 is 4.79 Å². The van der Waals surface area contributed by atoms with E-state index >= 15 is 0 Å². The molecule has 0 aromatic carbocycles. The summed E-state index contributed by atoms with van der Waals surface area (Å²) < 4.78 is 0. The molecule has 4 atom stereocenters. The first-order valence-corrected chi connectivity index (χ1v) is 5.76. The van der Waals surface area contributed by atoms with Crippen LogP contribution >= 0.6 is 0 Å². The SMILES string of the molecule is CC(=O)C12CCCC1C1CCC2C1. The Morgan fingerprint density at radius 3 is 2.85 bits per heavy atom. The molecule has 0 spiro atoms. The number of hydrogen-bond acceptors (Lipinski definition) is 1. The second-order valence-corrected chi connectivity index (χ2v) is 5.37. The van der Waals surface area contributed by atoms with E-state index in [0.717, 1.165) is 17.8 Å². The van der Waals surface area contributed by atoms with Gasteiger partial charge < -0.3 is 0 Å². The van der Waals surface area contributed by atoms with Crippen LogP contribution in [0.25, 0.3) is 0 Å². The van der Waals surface area contributed by atoms with Crippen LogP contribution in [0.4, 0.5) is 0 Å². The minimum atomic E-state index is 0.183. The van der Waals surface area contributed by atoms with Crippen molar-refractivity contribution in [3.05, 3.63) is 0 Å². The summed E-state index contributed by atoms with van der Waals surface area (Å²) in [6, 6.07) is 0. The highest BCUT2D eigenvalue weighted by atomic mass is 16.1. The van der Waals surface area contributed by atoms with Crippen LogP contribution in [0.3, 0.4) is 0 Å². The zero-order chi connectivity index (χ0) is 9.05. The van der Waals surface area contributed by atoms with Gasteiger partial charge in [0.15, 0.2) is 0 Å². The molecule has 3 saturated carbocycles. The smallest absolute Gasteiger partial charge is 0.136 e. The Labute approximate surface area is 79.9 Å². The van der Waals surface area contributed by atoms with Crippen molar-refractivity contribution in [2.45, 2.75) is 45.4 Å². The zero-order valence-electron chi connectivity index (χ0n) is 8.38. The van der Waals surface area contributed by atoms with Gasteiger partial charge in [0.2, 0.25) is 0 Å². The van der Waals surface area contributed by atoms with E-state index in [2.05, 4.69) is 0 Å². The predicted molar refractivity (Wildman–Crippen MR) is 51.3 cm³/mol. The Morgan fingerprint density at radius 1 is 1.31 bits per heavy atom. The van der Waals surface area contributed by atoms with Crippen LogP contribution in [0.1, 0.15) is 45.4 Å². The van der Waals surface area contributed by atoms with Crippen molar-refractivity contribution in [1.29, 1.82) is 0 Å². The Bertz CT molecular complexity index is 258. The van der Waals surface area contributed by atoms with Crippen LogP contribution < -0.4 is 0 Å². The number of fused-ring (bicyclic) bond motifs is 5. The van der Waals surface area contributed by atoms with Crippen molar-refractivity contribution in [3.8, 4) is 0 Å². The fraction of sp³-hybridized carbons (Fsp3) is 0.917. The van der Waals surface area contributed by atoms with E-state index in [4.69, 9.17) is 0 Å². The van der Waals surface area contributed by atoms with Gasteiger partial charge in [-0.2, -0.15) is 0 Å². The first-order valence-electron chi connectivity index (χ1n) is 5.76. The lowest BCUT2D eigenvalue weighted by molar-refractivity contribution is -0.131. The fourth-order valence-electron chi connectivity index (χ4n) is 4.79. The fourth-order valence-corrected chi connectivity index (χ4v) is 4.79. The molecule has 0 radical (unpaired) electrons. The molecule has 3 aliphatic rings. The molecule has 0 saturated heterocycles. The van der Waals surface area contributed by atoms with Crippen LogP contribution in [0.5, 0.6) is 0 Å². The summed E-state index contributed by atoms with van der Waals surface area (Å²) in [6.45, 7) is 1.85. The van der Waals surface area contributed by atoms with Gasteiger partial charge >= 0.3 is 0 Å². The van der Waals surface area contributed by atoms with Gasteiger partial charge in [0, 0.05) is 5.41 Å². The Balaban J connectivity index is 2.04. The summed E-state index contributed by atoms with van der Waals surface area (Å²) in [6.07, 6.45) is 8.03. The zero-order valence-corrected chi connectivity index (χ0v) is 8.38. The lowest BCUT2D eigenvalue weighted by atomic mass is 9.66. The van der Waals surface area contributed by atoms with Gasteiger partial charge in [0.1, 0.15) is 5.78 Å². The molecule has 3 fully saturated rings. The number of carbonyl (C=O) groups is 1. The van der Waals surface area contributed by atoms with Crippen LogP contribution in [0, 0.1) is 23.2 Å². The molecular formula is C12H18O. The maximum Gasteiger partial charge on any atom is 0.136 e. The van der Waals surface area contributed by atoms with Crippen molar-refractivity contribution in [2.75, 3.05) is 0 Å². The molecule has 1 heteroatoms. The average Bonchev–Trinajstić information content (AvgIpc) is 2.76. The molecule has 0 N–H and O–H groups in total. The highest BCUT2D eigenvalue weighted by molar-refractivity contribution is 5.84. The molecule has 72 valence electrons. The monoisotopic (exact) mass is 178 g/mol. The molecule has 2 bridgehead atoms. The number of Topliss-reactive ketones (excluding diaryl/α,β-unsaturated/α-hetero) is 1. The highest BCUT2D eigenvalue weighted by Crippen LogP contribution is 2.66. The topological polar surface area (TPSA) is 17.1 Å². The summed E-state index contributed by atoms with van der Waals surface area (Å²) in [5, 5.41) is 0. The van der Waals surface area contributed by atoms with Crippen LogP contribution in [-0.2, 0) is 4.79 Å². The van der Waals surface area contributed by atoms with E-state index in [9.17, 15) is 4.79 Å².